The van der Waals surface area contributed by atoms with Crippen LogP contribution in [0.5, 0.6) is 0 Å². The van der Waals surface area contributed by atoms with Crippen molar-refractivity contribution >= 4 is 5.91 Å². The third-order valence-electron chi connectivity index (χ3n) is 3.98. The van der Waals surface area contributed by atoms with E-state index in [1.54, 1.807) is 0 Å². The second kappa shape index (κ2) is 6.20. The van der Waals surface area contributed by atoms with E-state index in [0.29, 0.717) is 13.0 Å². The Morgan fingerprint density at radius 2 is 2.21 bits per heavy atom. The van der Waals surface area contributed by atoms with Crippen molar-refractivity contribution in [1.82, 2.24) is 4.90 Å². The number of benzene rings is 1. The molecule has 1 aliphatic rings. The van der Waals surface area contributed by atoms with E-state index < -0.39 is 0 Å². The molecule has 1 aromatic rings. The maximum Gasteiger partial charge on any atom is 0.227 e. The average molecular weight is 261 g/mol. The highest BCUT2D eigenvalue weighted by Crippen LogP contribution is 2.18. The van der Waals surface area contributed by atoms with Crippen molar-refractivity contribution in [2.75, 3.05) is 19.7 Å². The van der Waals surface area contributed by atoms with E-state index in [1.807, 2.05) is 4.90 Å². The first-order chi connectivity index (χ1) is 9.10. The third-order valence-corrected chi connectivity index (χ3v) is 3.98. The van der Waals surface area contributed by atoms with Gasteiger partial charge in [0.25, 0.3) is 0 Å². The predicted octanol–water partition coefficient (Wildman–Crippen LogP) is 2.08. The minimum absolute atomic E-state index is 0.187. The Morgan fingerprint density at radius 1 is 1.42 bits per heavy atom. The first-order valence-corrected chi connectivity index (χ1v) is 7.05. The molecule has 0 saturated carbocycles. The van der Waals surface area contributed by atoms with Crippen molar-refractivity contribution in [3.05, 3.63) is 34.9 Å². The van der Waals surface area contributed by atoms with Gasteiger partial charge < -0.3 is 10.0 Å². The van der Waals surface area contributed by atoms with Crippen LogP contribution >= 0.6 is 0 Å². The zero-order valence-corrected chi connectivity index (χ0v) is 11.9. The molecular weight excluding hydrogens is 238 g/mol. The fourth-order valence-corrected chi connectivity index (χ4v) is 2.71. The lowest BCUT2D eigenvalue weighted by atomic mass is 9.97. The molecule has 1 N–H and O–H groups in total. The molecule has 19 heavy (non-hydrogen) atoms. The lowest BCUT2D eigenvalue weighted by Crippen LogP contribution is -2.41. The van der Waals surface area contributed by atoms with Gasteiger partial charge in [0, 0.05) is 19.7 Å². The van der Waals surface area contributed by atoms with Crippen molar-refractivity contribution in [2.24, 2.45) is 5.92 Å². The monoisotopic (exact) mass is 261 g/mol. The van der Waals surface area contributed by atoms with Crippen LogP contribution in [0.25, 0.3) is 0 Å². The Kier molecular flexibility index (Phi) is 4.59. The van der Waals surface area contributed by atoms with Gasteiger partial charge in [0.2, 0.25) is 5.91 Å². The van der Waals surface area contributed by atoms with Gasteiger partial charge in [-0.05, 0) is 43.7 Å². The number of nitrogens with zero attached hydrogens (tertiary/aromatic N) is 1. The number of aliphatic hydroxyl groups excluding tert-OH is 1. The second-order valence-corrected chi connectivity index (χ2v) is 5.64. The molecule has 1 fully saturated rings. The third kappa shape index (κ3) is 3.57. The SMILES string of the molecule is Cc1ccc(C)c(CC(=O)N2CCCC(CO)C2)c1. The molecule has 3 heteroatoms. The number of aryl methyl sites for hydroxylation is 2. The Balaban J connectivity index is 2.02. The second-order valence-electron chi connectivity index (χ2n) is 5.64. The first kappa shape index (κ1) is 14.1. The molecule has 104 valence electrons. The Hall–Kier alpha value is -1.35. The highest BCUT2D eigenvalue weighted by molar-refractivity contribution is 5.79. The van der Waals surface area contributed by atoms with Gasteiger partial charge in [-0.2, -0.15) is 0 Å². The minimum Gasteiger partial charge on any atom is -0.396 e. The maximum atomic E-state index is 12.3. The summed E-state index contributed by atoms with van der Waals surface area (Å²) in [5.41, 5.74) is 3.49. The van der Waals surface area contributed by atoms with Crippen LogP contribution in [0.15, 0.2) is 18.2 Å². The molecule has 0 spiro atoms. The van der Waals surface area contributed by atoms with Gasteiger partial charge in [-0.3, -0.25) is 4.79 Å². The van der Waals surface area contributed by atoms with E-state index in [1.165, 1.54) is 11.1 Å². The van der Waals surface area contributed by atoms with Crippen LogP contribution in [0.1, 0.15) is 29.5 Å². The number of amides is 1. The van der Waals surface area contributed by atoms with E-state index in [4.69, 9.17) is 0 Å². The van der Waals surface area contributed by atoms with Crippen LogP contribution < -0.4 is 0 Å². The molecule has 2 rings (SSSR count). The summed E-state index contributed by atoms with van der Waals surface area (Å²) in [5.74, 6) is 0.447. The summed E-state index contributed by atoms with van der Waals surface area (Å²) in [7, 11) is 0. The fourth-order valence-electron chi connectivity index (χ4n) is 2.71. The van der Waals surface area contributed by atoms with E-state index in [0.717, 1.165) is 24.9 Å². The number of rotatable bonds is 3. The van der Waals surface area contributed by atoms with Crippen molar-refractivity contribution < 1.29 is 9.90 Å². The summed E-state index contributed by atoms with van der Waals surface area (Å²) in [6.45, 7) is 5.83. The van der Waals surface area contributed by atoms with E-state index in [-0.39, 0.29) is 18.4 Å². The van der Waals surface area contributed by atoms with E-state index >= 15 is 0 Å². The molecule has 1 aromatic carbocycles. The zero-order chi connectivity index (χ0) is 13.8. The number of carbonyl (C=O) groups is 1. The molecule has 0 radical (unpaired) electrons. The number of hydrogen-bond acceptors (Lipinski definition) is 2. The standard InChI is InChI=1S/C16H23NO2/c1-12-5-6-13(2)15(8-12)9-16(19)17-7-3-4-14(10-17)11-18/h5-6,8,14,18H,3-4,7,9-11H2,1-2H3. The number of aliphatic hydroxyl groups is 1. The summed E-state index contributed by atoms with van der Waals surface area (Å²) < 4.78 is 0. The molecule has 1 amide bonds. The normalized spacial score (nSPS) is 19.5. The molecule has 1 aliphatic heterocycles. The molecule has 1 saturated heterocycles. The minimum atomic E-state index is 0.187. The Labute approximate surface area is 115 Å². The van der Waals surface area contributed by atoms with Crippen LogP contribution in [0.3, 0.4) is 0 Å². The predicted molar refractivity (Wildman–Crippen MR) is 76.0 cm³/mol. The van der Waals surface area contributed by atoms with Gasteiger partial charge in [-0.15, -0.1) is 0 Å². The first-order valence-electron chi connectivity index (χ1n) is 7.05. The molecular formula is C16H23NO2. The summed E-state index contributed by atoms with van der Waals surface area (Å²) in [5, 5.41) is 9.22. The Morgan fingerprint density at radius 3 is 2.95 bits per heavy atom. The number of piperidine rings is 1. The van der Waals surface area contributed by atoms with Gasteiger partial charge >= 0.3 is 0 Å². The quantitative estimate of drug-likeness (QED) is 0.905. The Bertz CT molecular complexity index is 456. The van der Waals surface area contributed by atoms with E-state index in [2.05, 4.69) is 32.0 Å². The molecule has 1 atom stereocenters. The molecule has 3 nitrogen and oxygen atoms in total. The lowest BCUT2D eigenvalue weighted by Gasteiger charge is -2.32. The van der Waals surface area contributed by atoms with Gasteiger partial charge in [0.15, 0.2) is 0 Å². The molecule has 0 aromatic heterocycles. The maximum absolute atomic E-state index is 12.3. The molecule has 1 heterocycles. The molecule has 0 bridgehead atoms. The molecule has 0 aliphatic carbocycles. The number of hydrogen-bond donors (Lipinski definition) is 1. The largest absolute Gasteiger partial charge is 0.396 e. The molecule has 1 unspecified atom stereocenters. The number of carbonyl (C=O) groups excluding carboxylic acids is 1. The van der Waals surface area contributed by atoms with Gasteiger partial charge in [-0.25, -0.2) is 0 Å². The number of likely N-dealkylation sites (tertiary alicyclic amines) is 1. The average Bonchev–Trinajstić information content (AvgIpc) is 2.43. The summed E-state index contributed by atoms with van der Waals surface area (Å²) >= 11 is 0. The van der Waals surface area contributed by atoms with Gasteiger partial charge in [-0.1, -0.05) is 23.8 Å². The van der Waals surface area contributed by atoms with Crippen LogP contribution in [0, 0.1) is 19.8 Å². The fraction of sp³-hybridized carbons (Fsp3) is 0.562. The lowest BCUT2D eigenvalue weighted by molar-refractivity contribution is -0.132. The zero-order valence-electron chi connectivity index (χ0n) is 11.9. The highest BCUT2D eigenvalue weighted by atomic mass is 16.3. The topological polar surface area (TPSA) is 40.5 Å². The summed E-state index contributed by atoms with van der Waals surface area (Å²) in [4.78, 5) is 14.2. The van der Waals surface area contributed by atoms with Crippen molar-refractivity contribution in [2.45, 2.75) is 33.1 Å². The summed E-state index contributed by atoms with van der Waals surface area (Å²) in [6, 6.07) is 6.25. The van der Waals surface area contributed by atoms with Crippen molar-refractivity contribution in [3.8, 4) is 0 Å². The van der Waals surface area contributed by atoms with Crippen LogP contribution in [-0.2, 0) is 11.2 Å². The summed E-state index contributed by atoms with van der Waals surface area (Å²) in [6.07, 6.45) is 2.51. The van der Waals surface area contributed by atoms with Gasteiger partial charge in [0.05, 0.1) is 6.42 Å². The van der Waals surface area contributed by atoms with Crippen molar-refractivity contribution in [3.63, 3.8) is 0 Å². The highest BCUT2D eigenvalue weighted by Gasteiger charge is 2.23. The van der Waals surface area contributed by atoms with Crippen LogP contribution in [0.4, 0.5) is 0 Å². The van der Waals surface area contributed by atoms with Crippen molar-refractivity contribution in [1.29, 1.82) is 0 Å². The smallest absolute Gasteiger partial charge is 0.227 e. The van der Waals surface area contributed by atoms with Crippen LogP contribution in [0.2, 0.25) is 0 Å². The van der Waals surface area contributed by atoms with Crippen LogP contribution in [-0.4, -0.2) is 35.6 Å². The van der Waals surface area contributed by atoms with Gasteiger partial charge in [0.1, 0.15) is 0 Å². The van der Waals surface area contributed by atoms with E-state index in [9.17, 15) is 9.90 Å².